The molecule has 0 amide bonds. The minimum atomic E-state index is -0.940. The average Bonchev–Trinajstić information content (AvgIpc) is 3.18. The number of esters is 1. The summed E-state index contributed by atoms with van der Waals surface area (Å²) in [5.41, 5.74) is 1.14. The number of unbranched alkanes of at least 4 members (excludes halogenated alkanes) is 1. The summed E-state index contributed by atoms with van der Waals surface area (Å²) >= 11 is 0. The van der Waals surface area contributed by atoms with Crippen LogP contribution in [0.2, 0.25) is 0 Å². The number of hydrogen-bond acceptors (Lipinski definition) is 8. The quantitative estimate of drug-likeness (QED) is 0.268. The zero-order valence-corrected chi connectivity index (χ0v) is 19.3. The number of carbonyl (C=O) groups is 2. The minimum Gasteiger partial charge on any atom is -0.465 e. The first kappa shape index (κ1) is 22.9. The predicted octanol–water partition coefficient (Wildman–Crippen LogP) is 4.48. The fraction of sp³-hybridized carbons (Fsp3) is 0.542. The van der Waals surface area contributed by atoms with Gasteiger partial charge in [-0.15, -0.1) is 0 Å². The molecule has 176 valence electrons. The van der Waals surface area contributed by atoms with Gasteiger partial charge in [0, 0.05) is 34.9 Å². The summed E-state index contributed by atoms with van der Waals surface area (Å²) in [5.74, 6) is -1.90. The third-order valence-electron chi connectivity index (χ3n) is 6.35. The van der Waals surface area contributed by atoms with Gasteiger partial charge in [0.25, 0.3) is 5.69 Å². The second kappa shape index (κ2) is 8.61. The Morgan fingerprint density at radius 3 is 2.64 bits per heavy atom. The van der Waals surface area contributed by atoms with Crippen LogP contribution >= 0.6 is 0 Å². The van der Waals surface area contributed by atoms with Gasteiger partial charge in [0.05, 0.1) is 17.6 Å². The molecule has 3 aliphatic rings. The van der Waals surface area contributed by atoms with Crippen molar-refractivity contribution in [2.24, 2.45) is 16.3 Å². The fourth-order valence-corrected chi connectivity index (χ4v) is 4.85. The Labute approximate surface area is 192 Å². The average molecular weight is 456 g/mol. The van der Waals surface area contributed by atoms with Crippen molar-refractivity contribution in [3.63, 3.8) is 0 Å². The maximum absolute atomic E-state index is 13.4. The van der Waals surface area contributed by atoms with Crippen LogP contribution in [-0.4, -0.2) is 35.8 Å². The summed E-state index contributed by atoms with van der Waals surface area (Å²) in [6.07, 6.45) is 2.36. The third-order valence-corrected chi connectivity index (χ3v) is 6.35. The highest BCUT2D eigenvalue weighted by atomic mass is 16.7. The Kier molecular flexibility index (Phi) is 5.99. The Hall–Kier alpha value is -3.23. The van der Waals surface area contributed by atoms with Gasteiger partial charge in [-0.2, -0.15) is 0 Å². The number of carbonyl (C=O) groups excluding carboxylic acids is 2. The van der Waals surface area contributed by atoms with Crippen LogP contribution in [0.4, 0.5) is 5.69 Å². The summed E-state index contributed by atoms with van der Waals surface area (Å²) in [5, 5.41) is 12.0. The molecule has 1 aromatic rings. The van der Waals surface area contributed by atoms with E-state index in [9.17, 15) is 19.7 Å². The molecule has 1 unspecified atom stereocenters. The van der Waals surface area contributed by atoms with Crippen LogP contribution < -0.4 is 9.47 Å². The summed E-state index contributed by atoms with van der Waals surface area (Å²) in [7, 11) is 0. The van der Waals surface area contributed by atoms with E-state index in [0.29, 0.717) is 35.6 Å². The lowest BCUT2D eigenvalue weighted by atomic mass is 9.66. The molecule has 0 bridgehead atoms. The molecule has 0 spiro atoms. The monoisotopic (exact) mass is 456 g/mol. The van der Waals surface area contributed by atoms with E-state index in [2.05, 4.69) is 4.99 Å². The van der Waals surface area contributed by atoms with Gasteiger partial charge in [-0.1, -0.05) is 27.2 Å². The second-order valence-corrected chi connectivity index (χ2v) is 9.55. The van der Waals surface area contributed by atoms with Gasteiger partial charge in [0.2, 0.25) is 6.79 Å². The maximum atomic E-state index is 13.4. The number of fused-ring (bicyclic) bond motifs is 1. The Morgan fingerprint density at radius 2 is 1.97 bits per heavy atom. The zero-order chi connectivity index (χ0) is 23.9. The zero-order valence-electron chi connectivity index (χ0n) is 19.3. The summed E-state index contributed by atoms with van der Waals surface area (Å²) in [4.78, 5) is 42.8. The summed E-state index contributed by atoms with van der Waals surface area (Å²) in [6, 6.07) is 2.82. The number of ketones is 1. The van der Waals surface area contributed by atoms with Gasteiger partial charge in [0.1, 0.15) is 5.92 Å². The van der Waals surface area contributed by atoms with E-state index in [1.807, 2.05) is 20.8 Å². The number of ether oxygens (including phenoxy) is 3. The molecule has 0 N–H and O–H groups in total. The molecule has 0 saturated carbocycles. The topological polar surface area (TPSA) is 117 Å². The van der Waals surface area contributed by atoms with Crippen molar-refractivity contribution in [2.45, 2.75) is 59.3 Å². The van der Waals surface area contributed by atoms with Crippen molar-refractivity contribution < 1.29 is 28.7 Å². The molecule has 0 fully saturated rings. The predicted molar refractivity (Wildman–Crippen MR) is 119 cm³/mol. The van der Waals surface area contributed by atoms with Crippen LogP contribution in [0.15, 0.2) is 28.4 Å². The number of hydrogen-bond donors (Lipinski definition) is 0. The minimum absolute atomic E-state index is 0.0509. The number of allylic oxidation sites excluding steroid dienone is 2. The van der Waals surface area contributed by atoms with Crippen molar-refractivity contribution in [1.29, 1.82) is 0 Å². The number of Topliss-reactive ketones (excluding diaryl/α,β-unsaturated/α-hetero) is 1. The highest BCUT2D eigenvalue weighted by Gasteiger charge is 2.48. The normalized spacial score (nSPS) is 23.2. The number of nitrogens with zero attached hydrogens (tertiary/aromatic N) is 2. The highest BCUT2D eigenvalue weighted by molar-refractivity contribution is 6.09. The SMILES string of the molecule is CCCCOC(=O)C1C(C)=NC2=C(C(=O)CC(C)(C)C2)[C@@H]1c1cc2c(cc1[N+](=O)[O-])OCO2. The third kappa shape index (κ3) is 4.24. The molecule has 4 rings (SSSR count). The van der Waals surface area contributed by atoms with Gasteiger partial charge in [0.15, 0.2) is 17.3 Å². The lowest BCUT2D eigenvalue weighted by Crippen LogP contribution is -2.39. The van der Waals surface area contributed by atoms with E-state index in [4.69, 9.17) is 14.2 Å². The number of nitro groups is 1. The molecular formula is C24H28N2O7. The Morgan fingerprint density at radius 1 is 1.27 bits per heavy atom. The first-order valence-corrected chi connectivity index (χ1v) is 11.2. The first-order valence-electron chi connectivity index (χ1n) is 11.2. The fourth-order valence-electron chi connectivity index (χ4n) is 4.85. The summed E-state index contributed by atoms with van der Waals surface area (Å²) in [6.45, 7) is 7.87. The molecule has 1 aliphatic carbocycles. The van der Waals surface area contributed by atoms with Crippen molar-refractivity contribution in [2.75, 3.05) is 13.4 Å². The van der Waals surface area contributed by atoms with Crippen molar-refractivity contribution in [3.05, 3.63) is 39.1 Å². The Balaban J connectivity index is 1.90. The van der Waals surface area contributed by atoms with Gasteiger partial charge in [-0.05, 0) is 31.2 Å². The van der Waals surface area contributed by atoms with E-state index in [1.165, 1.54) is 12.1 Å². The van der Waals surface area contributed by atoms with E-state index >= 15 is 0 Å². The van der Waals surface area contributed by atoms with Crippen molar-refractivity contribution in [1.82, 2.24) is 0 Å². The smallest absolute Gasteiger partial charge is 0.315 e. The second-order valence-electron chi connectivity index (χ2n) is 9.55. The maximum Gasteiger partial charge on any atom is 0.315 e. The standard InChI is InChI=1S/C24H28N2O7/c1-5-6-7-31-23(28)20-13(2)25-15-10-24(3,4)11-17(27)22(15)21(20)14-8-18-19(33-12-32-18)9-16(14)26(29)30/h8-9,20-21H,5-7,10-12H2,1-4H3/t20?,21-/m1/s1. The van der Waals surface area contributed by atoms with Gasteiger partial charge in [-0.25, -0.2) is 0 Å². The van der Waals surface area contributed by atoms with Crippen LogP contribution in [0.1, 0.15) is 64.9 Å². The molecule has 0 radical (unpaired) electrons. The number of rotatable bonds is 6. The first-order chi connectivity index (χ1) is 15.6. The number of benzene rings is 1. The summed E-state index contributed by atoms with van der Waals surface area (Å²) < 4.78 is 16.3. The van der Waals surface area contributed by atoms with Gasteiger partial charge in [-0.3, -0.25) is 24.7 Å². The lowest BCUT2D eigenvalue weighted by molar-refractivity contribution is -0.385. The highest BCUT2D eigenvalue weighted by Crippen LogP contribution is 2.51. The molecule has 33 heavy (non-hydrogen) atoms. The molecule has 9 heteroatoms. The number of aliphatic imine (C=N–C) groups is 1. The largest absolute Gasteiger partial charge is 0.465 e. The Bertz CT molecular complexity index is 1090. The molecule has 2 aliphatic heterocycles. The lowest BCUT2D eigenvalue weighted by Gasteiger charge is -2.38. The van der Waals surface area contributed by atoms with Gasteiger partial charge < -0.3 is 14.2 Å². The van der Waals surface area contributed by atoms with E-state index < -0.39 is 22.7 Å². The molecule has 0 saturated heterocycles. The number of nitro benzene ring substituents is 1. The molecule has 1 aromatic carbocycles. The van der Waals surface area contributed by atoms with E-state index in [1.54, 1.807) is 6.92 Å². The van der Waals surface area contributed by atoms with Crippen LogP contribution in [0.5, 0.6) is 11.5 Å². The van der Waals surface area contributed by atoms with Crippen LogP contribution in [0.25, 0.3) is 0 Å². The molecule has 9 nitrogen and oxygen atoms in total. The van der Waals surface area contributed by atoms with Crippen molar-refractivity contribution in [3.8, 4) is 11.5 Å². The van der Waals surface area contributed by atoms with E-state index in [-0.39, 0.29) is 48.0 Å². The molecule has 0 aromatic heterocycles. The van der Waals surface area contributed by atoms with Crippen molar-refractivity contribution >= 4 is 23.2 Å². The van der Waals surface area contributed by atoms with Crippen LogP contribution in [0, 0.1) is 21.4 Å². The van der Waals surface area contributed by atoms with Gasteiger partial charge >= 0.3 is 5.97 Å². The molecule has 2 heterocycles. The molecule has 2 atom stereocenters. The van der Waals surface area contributed by atoms with Crippen LogP contribution in [0.3, 0.4) is 0 Å². The van der Waals surface area contributed by atoms with Crippen LogP contribution in [-0.2, 0) is 14.3 Å². The van der Waals surface area contributed by atoms with E-state index in [0.717, 1.165) is 6.42 Å². The molecular weight excluding hydrogens is 428 g/mol.